The molecule has 4 rings (SSSR count). The third-order valence-corrected chi connectivity index (χ3v) is 5.09. The average molecular weight is 334 g/mol. The monoisotopic (exact) mass is 334 g/mol. The second-order valence-electron chi connectivity index (χ2n) is 6.81. The first-order chi connectivity index (χ1) is 12.3. The van der Waals surface area contributed by atoms with Crippen molar-refractivity contribution in [2.75, 3.05) is 18.4 Å². The molecule has 0 saturated carbocycles. The van der Waals surface area contributed by atoms with Crippen LogP contribution in [0.2, 0.25) is 0 Å². The normalized spacial score (nSPS) is 16.2. The van der Waals surface area contributed by atoms with E-state index in [1.54, 1.807) is 6.07 Å². The third-order valence-electron chi connectivity index (χ3n) is 5.09. The minimum absolute atomic E-state index is 0.166. The zero-order chi connectivity index (χ0) is 17.1. The molecule has 3 heteroatoms. The quantitative estimate of drug-likeness (QED) is 0.718. The summed E-state index contributed by atoms with van der Waals surface area (Å²) >= 11 is 0. The number of benzene rings is 3. The van der Waals surface area contributed by atoms with Gasteiger partial charge < -0.3 is 5.32 Å². The molecule has 0 atom stereocenters. The summed E-state index contributed by atoms with van der Waals surface area (Å²) in [6.07, 6.45) is 2.08. The van der Waals surface area contributed by atoms with Crippen LogP contribution in [0.15, 0.2) is 66.7 Å². The van der Waals surface area contributed by atoms with E-state index in [1.165, 1.54) is 22.4 Å². The maximum absolute atomic E-state index is 13.8. The molecule has 0 aromatic heterocycles. The lowest BCUT2D eigenvalue weighted by molar-refractivity contribution is 0.212. The SMILES string of the molecule is Fc1ccccc1NC1CCN(Cc2cccc3ccccc23)CC1. The number of anilines is 1. The number of para-hydroxylation sites is 1. The Labute approximate surface area is 148 Å². The summed E-state index contributed by atoms with van der Waals surface area (Å²) in [5.74, 6) is -0.166. The van der Waals surface area contributed by atoms with Crippen molar-refractivity contribution in [3.05, 3.63) is 78.1 Å². The molecule has 1 aliphatic rings. The Balaban J connectivity index is 1.38. The third kappa shape index (κ3) is 3.67. The number of nitrogens with one attached hydrogen (secondary N) is 1. The highest BCUT2D eigenvalue weighted by molar-refractivity contribution is 5.85. The lowest BCUT2D eigenvalue weighted by Gasteiger charge is -2.33. The molecule has 1 aliphatic heterocycles. The van der Waals surface area contributed by atoms with Gasteiger partial charge in [0.2, 0.25) is 0 Å². The molecule has 0 bridgehead atoms. The molecule has 1 N–H and O–H groups in total. The lowest BCUT2D eigenvalue weighted by atomic mass is 10.0. The van der Waals surface area contributed by atoms with Gasteiger partial charge in [0.1, 0.15) is 5.82 Å². The van der Waals surface area contributed by atoms with Gasteiger partial charge in [-0.1, -0.05) is 54.6 Å². The lowest BCUT2D eigenvalue weighted by Crippen LogP contribution is -2.38. The van der Waals surface area contributed by atoms with Crippen molar-refractivity contribution in [2.24, 2.45) is 0 Å². The van der Waals surface area contributed by atoms with Crippen LogP contribution >= 0.6 is 0 Å². The fraction of sp³-hybridized carbons (Fsp3) is 0.273. The molecule has 3 aromatic rings. The molecule has 128 valence electrons. The first-order valence-corrected chi connectivity index (χ1v) is 9.00. The standard InChI is InChI=1S/C22H23FN2/c23-21-10-3-4-11-22(21)24-19-12-14-25(15-13-19)16-18-8-5-7-17-6-1-2-9-20(17)18/h1-11,19,24H,12-16H2. The fourth-order valence-electron chi connectivity index (χ4n) is 3.70. The second-order valence-corrected chi connectivity index (χ2v) is 6.81. The maximum Gasteiger partial charge on any atom is 0.146 e. The molecular formula is C22H23FN2. The van der Waals surface area contributed by atoms with Gasteiger partial charge in [0, 0.05) is 25.7 Å². The summed E-state index contributed by atoms with van der Waals surface area (Å²) in [6.45, 7) is 3.05. The van der Waals surface area contributed by atoms with Gasteiger partial charge in [0.15, 0.2) is 0 Å². The highest BCUT2D eigenvalue weighted by Crippen LogP contribution is 2.23. The van der Waals surface area contributed by atoms with Crippen molar-refractivity contribution in [2.45, 2.75) is 25.4 Å². The van der Waals surface area contributed by atoms with Crippen LogP contribution in [0.1, 0.15) is 18.4 Å². The summed E-state index contributed by atoms with van der Waals surface area (Å²) in [4.78, 5) is 2.50. The molecule has 0 radical (unpaired) electrons. The molecule has 1 saturated heterocycles. The number of halogens is 1. The van der Waals surface area contributed by atoms with Crippen LogP contribution in [-0.4, -0.2) is 24.0 Å². The van der Waals surface area contributed by atoms with Gasteiger partial charge >= 0.3 is 0 Å². The van der Waals surface area contributed by atoms with Crippen LogP contribution in [0.4, 0.5) is 10.1 Å². The summed E-state index contributed by atoms with van der Waals surface area (Å²) in [6, 6.07) is 22.4. The highest BCUT2D eigenvalue weighted by atomic mass is 19.1. The number of rotatable bonds is 4. The number of hydrogen-bond acceptors (Lipinski definition) is 2. The minimum atomic E-state index is -0.166. The molecule has 3 aromatic carbocycles. The van der Waals surface area contributed by atoms with E-state index >= 15 is 0 Å². The first kappa shape index (κ1) is 16.1. The maximum atomic E-state index is 13.8. The summed E-state index contributed by atoms with van der Waals surface area (Å²) in [5, 5.41) is 6.01. The largest absolute Gasteiger partial charge is 0.380 e. The van der Waals surface area contributed by atoms with E-state index in [1.807, 2.05) is 12.1 Å². The van der Waals surface area contributed by atoms with E-state index in [9.17, 15) is 4.39 Å². The summed E-state index contributed by atoms with van der Waals surface area (Å²) in [7, 11) is 0. The number of likely N-dealkylation sites (tertiary alicyclic amines) is 1. The Morgan fingerprint density at radius 2 is 1.60 bits per heavy atom. The van der Waals surface area contributed by atoms with Crippen molar-refractivity contribution in [3.63, 3.8) is 0 Å². The number of fused-ring (bicyclic) bond motifs is 1. The summed E-state index contributed by atoms with van der Waals surface area (Å²) < 4.78 is 13.8. The molecule has 0 unspecified atom stereocenters. The van der Waals surface area contributed by atoms with Crippen molar-refractivity contribution in [3.8, 4) is 0 Å². The number of hydrogen-bond donors (Lipinski definition) is 1. The van der Waals surface area contributed by atoms with Crippen LogP contribution in [-0.2, 0) is 6.54 Å². The van der Waals surface area contributed by atoms with Gasteiger partial charge in [-0.2, -0.15) is 0 Å². The molecular weight excluding hydrogens is 311 g/mol. The Hall–Kier alpha value is -2.39. The van der Waals surface area contributed by atoms with Crippen molar-refractivity contribution in [1.82, 2.24) is 4.90 Å². The van der Waals surface area contributed by atoms with Crippen LogP contribution in [0.5, 0.6) is 0 Å². The van der Waals surface area contributed by atoms with Gasteiger partial charge in [-0.05, 0) is 41.3 Å². The van der Waals surface area contributed by atoms with Gasteiger partial charge in [0.05, 0.1) is 5.69 Å². The topological polar surface area (TPSA) is 15.3 Å². The number of piperidine rings is 1. The van der Waals surface area contributed by atoms with Gasteiger partial charge in [-0.25, -0.2) is 4.39 Å². The van der Waals surface area contributed by atoms with Crippen LogP contribution in [0.25, 0.3) is 10.8 Å². The zero-order valence-corrected chi connectivity index (χ0v) is 14.3. The molecule has 0 spiro atoms. The van der Waals surface area contributed by atoms with E-state index in [4.69, 9.17) is 0 Å². The zero-order valence-electron chi connectivity index (χ0n) is 14.3. The van der Waals surface area contributed by atoms with E-state index in [2.05, 4.69) is 52.7 Å². The predicted octanol–water partition coefficient (Wildman–Crippen LogP) is 5.06. The molecule has 1 fully saturated rings. The van der Waals surface area contributed by atoms with Gasteiger partial charge in [-0.15, -0.1) is 0 Å². The van der Waals surface area contributed by atoms with E-state index in [0.717, 1.165) is 32.5 Å². The smallest absolute Gasteiger partial charge is 0.146 e. The molecule has 25 heavy (non-hydrogen) atoms. The Morgan fingerprint density at radius 3 is 2.44 bits per heavy atom. The van der Waals surface area contributed by atoms with Crippen LogP contribution in [0.3, 0.4) is 0 Å². The molecule has 0 amide bonds. The fourth-order valence-corrected chi connectivity index (χ4v) is 3.70. The van der Waals surface area contributed by atoms with Gasteiger partial charge in [0.25, 0.3) is 0 Å². The molecule has 0 aliphatic carbocycles. The molecule has 2 nitrogen and oxygen atoms in total. The minimum Gasteiger partial charge on any atom is -0.380 e. The predicted molar refractivity (Wildman–Crippen MR) is 102 cm³/mol. The van der Waals surface area contributed by atoms with E-state index in [0.29, 0.717) is 11.7 Å². The van der Waals surface area contributed by atoms with Crippen LogP contribution in [0, 0.1) is 5.82 Å². The van der Waals surface area contributed by atoms with Crippen LogP contribution < -0.4 is 5.32 Å². The van der Waals surface area contributed by atoms with E-state index in [-0.39, 0.29) is 5.82 Å². The van der Waals surface area contributed by atoms with Crippen molar-refractivity contribution < 1.29 is 4.39 Å². The second kappa shape index (κ2) is 7.24. The summed E-state index contributed by atoms with van der Waals surface area (Å²) in [5.41, 5.74) is 2.01. The molecule has 1 heterocycles. The highest BCUT2D eigenvalue weighted by Gasteiger charge is 2.20. The Morgan fingerprint density at radius 1 is 0.880 bits per heavy atom. The first-order valence-electron chi connectivity index (χ1n) is 9.00. The Bertz CT molecular complexity index is 848. The van der Waals surface area contributed by atoms with Gasteiger partial charge in [-0.3, -0.25) is 4.90 Å². The average Bonchev–Trinajstić information content (AvgIpc) is 2.65. The van der Waals surface area contributed by atoms with Crippen molar-refractivity contribution in [1.29, 1.82) is 0 Å². The Kier molecular flexibility index (Phi) is 4.66. The van der Waals surface area contributed by atoms with E-state index < -0.39 is 0 Å². The van der Waals surface area contributed by atoms with Crippen molar-refractivity contribution >= 4 is 16.5 Å². The number of nitrogens with zero attached hydrogens (tertiary/aromatic N) is 1.